The molecule has 0 bridgehead atoms. The summed E-state index contributed by atoms with van der Waals surface area (Å²) in [4.78, 5) is 0. The van der Waals surface area contributed by atoms with Crippen LogP contribution >= 0.6 is 0 Å². The minimum absolute atomic E-state index is 0.250. The summed E-state index contributed by atoms with van der Waals surface area (Å²) < 4.78 is 37.1. The monoisotopic (exact) mass is 245 g/mol. The molecule has 0 radical (unpaired) electrons. The molecule has 0 fully saturated rings. The van der Waals surface area contributed by atoms with Crippen LogP contribution < -0.4 is 5.32 Å². The average Bonchev–Trinajstić information content (AvgIpc) is 2.27. The molecule has 0 aliphatic rings. The topological polar surface area (TPSA) is 12.0 Å². The molecule has 96 valence electrons. The first kappa shape index (κ1) is 14.0. The number of hydrogen-bond donors (Lipinski definition) is 1. The molecule has 4 heteroatoms. The Morgan fingerprint density at radius 3 is 2.06 bits per heavy atom. The van der Waals surface area contributed by atoms with Crippen LogP contribution in [0.2, 0.25) is 0 Å². The molecule has 0 aromatic heterocycles. The number of halogens is 3. The van der Waals surface area contributed by atoms with Gasteiger partial charge in [0, 0.05) is 6.04 Å². The van der Waals surface area contributed by atoms with Crippen molar-refractivity contribution < 1.29 is 13.2 Å². The number of nitrogens with one attached hydrogen (secondary N) is 1. The second-order valence-corrected chi connectivity index (χ2v) is 4.45. The van der Waals surface area contributed by atoms with Gasteiger partial charge in [-0.25, -0.2) is 0 Å². The Morgan fingerprint density at radius 2 is 1.65 bits per heavy atom. The van der Waals surface area contributed by atoms with Crippen molar-refractivity contribution in [3.8, 4) is 0 Å². The second kappa shape index (κ2) is 5.54. The molecule has 2 atom stereocenters. The van der Waals surface area contributed by atoms with E-state index >= 15 is 0 Å². The first-order valence-electron chi connectivity index (χ1n) is 5.69. The van der Waals surface area contributed by atoms with Gasteiger partial charge in [-0.05, 0) is 44.0 Å². The van der Waals surface area contributed by atoms with Crippen molar-refractivity contribution in [2.45, 2.75) is 38.4 Å². The molecule has 0 spiro atoms. The van der Waals surface area contributed by atoms with Gasteiger partial charge < -0.3 is 5.32 Å². The average molecular weight is 245 g/mol. The van der Waals surface area contributed by atoms with Crippen molar-refractivity contribution >= 4 is 0 Å². The van der Waals surface area contributed by atoms with E-state index in [4.69, 9.17) is 0 Å². The molecule has 0 aliphatic carbocycles. The number of alkyl halides is 3. The molecule has 0 aliphatic heterocycles. The van der Waals surface area contributed by atoms with Crippen LogP contribution in [0.4, 0.5) is 13.2 Å². The zero-order valence-electron chi connectivity index (χ0n) is 10.3. The number of rotatable bonds is 4. The van der Waals surface area contributed by atoms with E-state index < -0.39 is 11.7 Å². The zero-order chi connectivity index (χ0) is 13.1. The second-order valence-electron chi connectivity index (χ2n) is 4.45. The highest BCUT2D eigenvalue weighted by Gasteiger charge is 2.30. The minimum Gasteiger partial charge on any atom is -0.317 e. The Morgan fingerprint density at radius 1 is 1.12 bits per heavy atom. The van der Waals surface area contributed by atoms with Crippen LogP contribution in [0.1, 0.15) is 37.3 Å². The van der Waals surface area contributed by atoms with Gasteiger partial charge in [0.2, 0.25) is 0 Å². The van der Waals surface area contributed by atoms with Gasteiger partial charge in [0.25, 0.3) is 0 Å². The van der Waals surface area contributed by atoms with E-state index in [1.54, 1.807) is 12.1 Å². The van der Waals surface area contributed by atoms with Crippen molar-refractivity contribution in [1.82, 2.24) is 5.32 Å². The molecule has 17 heavy (non-hydrogen) atoms. The van der Waals surface area contributed by atoms with Gasteiger partial charge in [0.15, 0.2) is 0 Å². The van der Waals surface area contributed by atoms with Crippen molar-refractivity contribution in [1.29, 1.82) is 0 Å². The van der Waals surface area contributed by atoms with E-state index in [1.807, 2.05) is 14.0 Å². The van der Waals surface area contributed by atoms with Crippen LogP contribution in [-0.4, -0.2) is 13.1 Å². The first-order valence-corrected chi connectivity index (χ1v) is 5.69. The Bertz CT molecular complexity index is 343. The smallest absolute Gasteiger partial charge is 0.317 e. The highest BCUT2D eigenvalue weighted by Crippen LogP contribution is 2.30. The third-order valence-electron chi connectivity index (χ3n) is 3.01. The quantitative estimate of drug-likeness (QED) is 0.850. The van der Waals surface area contributed by atoms with Crippen molar-refractivity contribution in [3.63, 3.8) is 0 Å². The maximum Gasteiger partial charge on any atom is 0.416 e. The lowest BCUT2D eigenvalue weighted by atomic mass is 9.94. The lowest BCUT2D eigenvalue weighted by Gasteiger charge is -2.17. The van der Waals surface area contributed by atoms with Crippen LogP contribution in [0.5, 0.6) is 0 Å². The van der Waals surface area contributed by atoms with E-state index in [-0.39, 0.29) is 5.92 Å². The van der Waals surface area contributed by atoms with Crippen LogP contribution in [0, 0.1) is 0 Å². The van der Waals surface area contributed by atoms with Crippen LogP contribution in [0.3, 0.4) is 0 Å². The molecule has 2 unspecified atom stereocenters. The van der Waals surface area contributed by atoms with Gasteiger partial charge in [-0.1, -0.05) is 19.1 Å². The predicted octanol–water partition coefficient (Wildman–Crippen LogP) is 3.81. The number of benzene rings is 1. The lowest BCUT2D eigenvalue weighted by Crippen LogP contribution is -2.22. The van der Waals surface area contributed by atoms with Crippen molar-refractivity contribution in [2.75, 3.05) is 7.05 Å². The Kier molecular flexibility index (Phi) is 4.57. The zero-order valence-corrected chi connectivity index (χ0v) is 10.3. The molecule has 1 rings (SSSR count). The summed E-state index contributed by atoms with van der Waals surface area (Å²) in [6, 6.07) is 5.78. The van der Waals surface area contributed by atoms with E-state index in [0.717, 1.165) is 24.1 Å². The minimum atomic E-state index is -4.25. The van der Waals surface area contributed by atoms with Crippen LogP contribution in [0.25, 0.3) is 0 Å². The summed E-state index contributed by atoms with van der Waals surface area (Å²) in [5.74, 6) is 0.250. The molecule has 1 nitrogen and oxygen atoms in total. The molecular formula is C13H18F3N. The lowest BCUT2D eigenvalue weighted by molar-refractivity contribution is -0.137. The molecule has 0 heterocycles. The number of hydrogen-bond acceptors (Lipinski definition) is 1. The molecule has 1 aromatic carbocycles. The summed E-state index contributed by atoms with van der Waals surface area (Å²) in [7, 11) is 1.88. The highest BCUT2D eigenvalue weighted by atomic mass is 19.4. The fourth-order valence-corrected chi connectivity index (χ4v) is 1.78. The fraction of sp³-hybridized carbons (Fsp3) is 0.538. The maximum absolute atomic E-state index is 12.4. The maximum atomic E-state index is 12.4. The summed E-state index contributed by atoms with van der Waals surface area (Å²) in [6.07, 6.45) is -3.35. The Hall–Kier alpha value is -1.03. The predicted molar refractivity (Wildman–Crippen MR) is 63.0 cm³/mol. The molecular weight excluding hydrogens is 227 g/mol. The van der Waals surface area contributed by atoms with Gasteiger partial charge in [0.1, 0.15) is 0 Å². The van der Waals surface area contributed by atoms with Crippen molar-refractivity contribution in [3.05, 3.63) is 35.4 Å². The van der Waals surface area contributed by atoms with E-state index in [1.165, 1.54) is 0 Å². The first-order chi connectivity index (χ1) is 7.84. The van der Waals surface area contributed by atoms with E-state index in [0.29, 0.717) is 6.04 Å². The van der Waals surface area contributed by atoms with Gasteiger partial charge >= 0.3 is 6.18 Å². The molecule has 0 saturated heterocycles. The fourth-order valence-electron chi connectivity index (χ4n) is 1.78. The van der Waals surface area contributed by atoms with Crippen LogP contribution in [0.15, 0.2) is 24.3 Å². The van der Waals surface area contributed by atoms with E-state index in [9.17, 15) is 13.2 Å². The normalized spacial score (nSPS) is 15.6. The standard InChI is InChI=1S/C13H18F3N/c1-9(8-10(2)17-3)11-4-6-12(7-5-11)13(14,15)16/h4-7,9-10,17H,8H2,1-3H3. The highest BCUT2D eigenvalue weighted by molar-refractivity contribution is 5.26. The van der Waals surface area contributed by atoms with Gasteiger partial charge in [0.05, 0.1) is 5.56 Å². The Labute approximate surface area is 100 Å². The third kappa shape index (κ3) is 4.04. The van der Waals surface area contributed by atoms with Gasteiger partial charge in [-0.15, -0.1) is 0 Å². The third-order valence-corrected chi connectivity index (χ3v) is 3.01. The summed E-state index contributed by atoms with van der Waals surface area (Å²) >= 11 is 0. The van der Waals surface area contributed by atoms with E-state index in [2.05, 4.69) is 12.2 Å². The molecule has 1 N–H and O–H groups in total. The molecule has 0 saturated carbocycles. The molecule has 0 amide bonds. The summed E-state index contributed by atoms with van der Waals surface area (Å²) in [5, 5.41) is 3.12. The summed E-state index contributed by atoms with van der Waals surface area (Å²) in [5.41, 5.74) is 0.357. The van der Waals surface area contributed by atoms with Gasteiger partial charge in [-0.3, -0.25) is 0 Å². The van der Waals surface area contributed by atoms with Crippen LogP contribution in [-0.2, 0) is 6.18 Å². The summed E-state index contributed by atoms with van der Waals surface area (Å²) in [6.45, 7) is 4.08. The largest absolute Gasteiger partial charge is 0.416 e. The SMILES string of the molecule is CNC(C)CC(C)c1ccc(C(F)(F)F)cc1. The van der Waals surface area contributed by atoms with Gasteiger partial charge in [-0.2, -0.15) is 13.2 Å². The molecule has 1 aromatic rings. The Balaban J connectivity index is 2.74. The van der Waals surface area contributed by atoms with Crippen molar-refractivity contribution in [2.24, 2.45) is 0 Å².